The van der Waals surface area contributed by atoms with E-state index < -0.39 is 0 Å². The van der Waals surface area contributed by atoms with Crippen LogP contribution in [0.25, 0.3) is 17.0 Å². The van der Waals surface area contributed by atoms with Crippen molar-refractivity contribution < 1.29 is 18.7 Å². The first-order valence-corrected chi connectivity index (χ1v) is 8.04. The van der Waals surface area contributed by atoms with Gasteiger partial charge in [0, 0.05) is 22.0 Å². The Balaban J connectivity index is 0.00000243. The van der Waals surface area contributed by atoms with E-state index in [0.29, 0.717) is 22.1 Å². The number of fused-ring (bicyclic) bond motifs is 1. The fourth-order valence-corrected chi connectivity index (χ4v) is 2.71. The van der Waals surface area contributed by atoms with E-state index in [9.17, 15) is 4.79 Å². The molecule has 1 aromatic heterocycles. The Kier molecular flexibility index (Phi) is 6.35. The third-order valence-electron chi connectivity index (χ3n) is 3.95. The highest BCUT2D eigenvalue weighted by Crippen LogP contribution is 2.36. The molecule has 0 spiro atoms. The number of furan rings is 1. The van der Waals surface area contributed by atoms with Crippen LogP contribution >= 0.6 is 24.0 Å². The third-order valence-corrected chi connectivity index (χ3v) is 4.21. The van der Waals surface area contributed by atoms with Gasteiger partial charge in [0.1, 0.15) is 5.75 Å². The molecule has 0 atom stereocenters. The summed E-state index contributed by atoms with van der Waals surface area (Å²) in [6, 6.07) is 10.8. The van der Waals surface area contributed by atoms with Crippen molar-refractivity contribution in [2.45, 2.75) is 6.92 Å². The molecule has 2 aromatic carbocycles. The van der Waals surface area contributed by atoms with Crippen molar-refractivity contribution >= 4 is 46.8 Å². The molecular formula is C20H18Cl2O4. The summed E-state index contributed by atoms with van der Waals surface area (Å²) in [6.07, 6.45) is 3.21. The Morgan fingerprint density at radius 3 is 2.42 bits per heavy atom. The average molecular weight is 393 g/mol. The number of rotatable bonds is 5. The summed E-state index contributed by atoms with van der Waals surface area (Å²) < 4.78 is 16.4. The van der Waals surface area contributed by atoms with E-state index in [-0.39, 0.29) is 24.0 Å². The molecule has 0 fully saturated rings. The number of methoxy groups -OCH3 is 2. The number of aryl methyl sites for hydroxylation is 1. The van der Waals surface area contributed by atoms with E-state index >= 15 is 0 Å². The quantitative estimate of drug-likeness (QED) is 0.410. The molecule has 3 aromatic rings. The maximum atomic E-state index is 12.6. The van der Waals surface area contributed by atoms with E-state index in [2.05, 4.69) is 0 Å². The molecule has 6 heteroatoms. The lowest BCUT2D eigenvalue weighted by Crippen LogP contribution is -1.93. The van der Waals surface area contributed by atoms with E-state index in [4.69, 9.17) is 25.5 Å². The molecule has 0 amide bonds. The summed E-state index contributed by atoms with van der Waals surface area (Å²) in [5.41, 5.74) is 2.16. The van der Waals surface area contributed by atoms with Gasteiger partial charge < -0.3 is 13.9 Å². The summed E-state index contributed by atoms with van der Waals surface area (Å²) in [5, 5.41) is 1.44. The third kappa shape index (κ3) is 3.87. The molecule has 0 saturated carbocycles. The van der Waals surface area contributed by atoms with E-state index in [1.54, 1.807) is 38.5 Å². The highest BCUT2D eigenvalue weighted by molar-refractivity contribution is 6.30. The summed E-state index contributed by atoms with van der Waals surface area (Å²) in [7, 11) is 3.13. The minimum Gasteiger partial charge on any atom is -0.497 e. The lowest BCUT2D eigenvalue weighted by atomic mass is 10.1. The number of hydrogen-bond donors (Lipinski definition) is 0. The van der Waals surface area contributed by atoms with Crippen molar-refractivity contribution in [3.8, 4) is 11.5 Å². The summed E-state index contributed by atoms with van der Waals surface area (Å²) >= 11 is 5.86. The van der Waals surface area contributed by atoms with Crippen molar-refractivity contribution in [2.75, 3.05) is 14.2 Å². The number of ether oxygens (including phenoxy) is 2. The molecule has 0 aliphatic carbocycles. The molecule has 136 valence electrons. The normalized spacial score (nSPS) is 10.8. The molecule has 0 aliphatic rings. The standard InChI is InChI=1S/C20H17ClO4.ClH/c1-12-16-10-15(23-2)11-18(24-3)20(16)25-19(12)17(22)9-6-13-4-7-14(21)8-5-13;/h4-11H,1-3H3;1H/b9-6+;. The maximum absolute atomic E-state index is 12.6. The van der Waals surface area contributed by atoms with Gasteiger partial charge in [0.25, 0.3) is 0 Å². The van der Waals surface area contributed by atoms with Crippen LogP contribution in [-0.4, -0.2) is 20.0 Å². The number of hydrogen-bond acceptors (Lipinski definition) is 4. The summed E-state index contributed by atoms with van der Waals surface area (Å²) in [4.78, 5) is 12.6. The molecule has 26 heavy (non-hydrogen) atoms. The van der Waals surface area contributed by atoms with Crippen LogP contribution in [0.2, 0.25) is 5.02 Å². The SMILES string of the molecule is COc1cc(OC)c2oc(C(=O)/C=C/c3ccc(Cl)cc3)c(C)c2c1.Cl. The molecule has 4 nitrogen and oxygen atoms in total. The Hall–Kier alpha value is -2.43. The van der Waals surface area contributed by atoms with Crippen LogP contribution in [0.3, 0.4) is 0 Å². The predicted octanol–water partition coefficient (Wildman–Crippen LogP) is 5.73. The molecule has 0 bridgehead atoms. The average Bonchev–Trinajstić information content (AvgIpc) is 2.97. The van der Waals surface area contributed by atoms with Gasteiger partial charge in [0.15, 0.2) is 17.1 Å². The largest absolute Gasteiger partial charge is 0.497 e. The topological polar surface area (TPSA) is 48.7 Å². The van der Waals surface area contributed by atoms with Gasteiger partial charge in [-0.3, -0.25) is 4.79 Å². The van der Waals surface area contributed by atoms with Gasteiger partial charge in [0.05, 0.1) is 14.2 Å². The number of carbonyl (C=O) groups is 1. The zero-order chi connectivity index (χ0) is 18.0. The van der Waals surface area contributed by atoms with Gasteiger partial charge in [-0.25, -0.2) is 0 Å². The summed E-state index contributed by atoms with van der Waals surface area (Å²) in [5.74, 6) is 1.23. The molecule has 3 rings (SSSR count). The van der Waals surface area contributed by atoms with Crippen LogP contribution in [0, 0.1) is 6.92 Å². The Bertz CT molecular complexity index is 956. The van der Waals surface area contributed by atoms with Crippen LogP contribution in [0.1, 0.15) is 21.7 Å². The molecule has 0 N–H and O–H groups in total. The Morgan fingerprint density at radius 1 is 1.12 bits per heavy atom. The van der Waals surface area contributed by atoms with Crippen LogP contribution in [0.15, 0.2) is 46.9 Å². The zero-order valence-electron chi connectivity index (χ0n) is 14.5. The monoisotopic (exact) mass is 392 g/mol. The number of carbonyl (C=O) groups excluding carboxylic acids is 1. The van der Waals surface area contributed by atoms with Gasteiger partial charge >= 0.3 is 0 Å². The van der Waals surface area contributed by atoms with E-state index in [1.165, 1.54) is 6.08 Å². The van der Waals surface area contributed by atoms with Crippen LogP contribution < -0.4 is 9.47 Å². The first kappa shape index (κ1) is 19.9. The second-order valence-electron chi connectivity index (χ2n) is 5.51. The van der Waals surface area contributed by atoms with E-state index in [0.717, 1.165) is 16.5 Å². The molecule has 0 radical (unpaired) electrons. The predicted molar refractivity (Wildman–Crippen MR) is 106 cm³/mol. The number of halogens is 2. The number of allylic oxidation sites excluding steroid dienone is 1. The Labute approximate surface area is 162 Å². The number of ketones is 1. The highest BCUT2D eigenvalue weighted by atomic mass is 35.5. The minimum atomic E-state index is -0.218. The highest BCUT2D eigenvalue weighted by Gasteiger charge is 2.19. The second kappa shape index (κ2) is 8.30. The van der Waals surface area contributed by atoms with Crippen molar-refractivity contribution in [3.63, 3.8) is 0 Å². The number of benzene rings is 2. The smallest absolute Gasteiger partial charge is 0.221 e. The molecule has 1 heterocycles. The molecule has 0 unspecified atom stereocenters. The van der Waals surface area contributed by atoms with Crippen molar-refractivity contribution in [1.82, 2.24) is 0 Å². The fourth-order valence-electron chi connectivity index (χ4n) is 2.59. The second-order valence-corrected chi connectivity index (χ2v) is 5.95. The lowest BCUT2D eigenvalue weighted by molar-refractivity contribution is 0.102. The van der Waals surface area contributed by atoms with E-state index in [1.807, 2.05) is 25.1 Å². The van der Waals surface area contributed by atoms with Gasteiger partial charge in [-0.2, -0.15) is 0 Å². The van der Waals surface area contributed by atoms with Crippen molar-refractivity contribution in [3.05, 3.63) is 64.4 Å². The van der Waals surface area contributed by atoms with Crippen molar-refractivity contribution in [1.29, 1.82) is 0 Å². The Morgan fingerprint density at radius 2 is 1.81 bits per heavy atom. The minimum absolute atomic E-state index is 0. The van der Waals surface area contributed by atoms with Gasteiger partial charge in [-0.05, 0) is 36.8 Å². The van der Waals surface area contributed by atoms with Crippen molar-refractivity contribution in [2.24, 2.45) is 0 Å². The van der Waals surface area contributed by atoms with Crippen LogP contribution in [-0.2, 0) is 0 Å². The van der Waals surface area contributed by atoms with Gasteiger partial charge in [0.2, 0.25) is 5.78 Å². The summed E-state index contributed by atoms with van der Waals surface area (Å²) in [6.45, 7) is 1.84. The first-order valence-electron chi connectivity index (χ1n) is 7.66. The lowest BCUT2D eigenvalue weighted by Gasteiger charge is -2.04. The van der Waals surface area contributed by atoms with Crippen LogP contribution in [0.4, 0.5) is 0 Å². The van der Waals surface area contributed by atoms with Crippen LogP contribution in [0.5, 0.6) is 11.5 Å². The first-order chi connectivity index (χ1) is 12.0. The fraction of sp³-hybridized carbons (Fsp3) is 0.150. The molecule has 0 aliphatic heterocycles. The molecule has 0 saturated heterocycles. The maximum Gasteiger partial charge on any atom is 0.221 e. The molecular weight excluding hydrogens is 375 g/mol. The van der Waals surface area contributed by atoms with Gasteiger partial charge in [-0.1, -0.05) is 29.8 Å². The zero-order valence-corrected chi connectivity index (χ0v) is 16.1. The van der Waals surface area contributed by atoms with Gasteiger partial charge in [-0.15, -0.1) is 12.4 Å².